The van der Waals surface area contributed by atoms with E-state index in [9.17, 15) is 14.7 Å². The number of nitrogens with zero attached hydrogens (tertiary/aromatic N) is 1. The van der Waals surface area contributed by atoms with Gasteiger partial charge in [-0.3, -0.25) is 14.5 Å². The topological polar surface area (TPSA) is 87.1 Å². The SMILES string of the molecule is CCOc1cc(Br)cc(/C=C2/SC(=S)N(CC(=O)O)C2=O)c1O. The van der Waals surface area contributed by atoms with E-state index in [-0.39, 0.29) is 20.7 Å². The quantitative estimate of drug-likeness (QED) is 0.562. The molecule has 1 aromatic carbocycles. The Bertz CT molecular complexity index is 719. The number of aromatic hydroxyl groups is 1. The van der Waals surface area contributed by atoms with Crippen molar-refractivity contribution in [2.45, 2.75) is 6.92 Å². The van der Waals surface area contributed by atoms with Crippen LogP contribution in [0.5, 0.6) is 11.5 Å². The van der Waals surface area contributed by atoms with Gasteiger partial charge in [-0.25, -0.2) is 0 Å². The number of phenolic OH excluding ortho intramolecular Hbond substituents is 1. The lowest BCUT2D eigenvalue weighted by Crippen LogP contribution is -2.33. The van der Waals surface area contributed by atoms with E-state index < -0.39 is 18.4 Å². The van der Waals surface area contributed by atoms with Gasteiger partial charge in [0.15, 0.2) is 11.5 Å². The molecule has 0 spiro atoms. The van der Waals surface area contributed by atoms with Gasteiger partial charge >= 0.3 is 5.97 Å². The minimum absolute atomic E-state index is 0.0986. The van der Waals surface area contributed by atoms with Crippen LogP contribution in [0.1, 0.15) is 12.5 Å². The predicted octanol–water partition coefficient (Wildman–Crippen LogP) is 2.84. The number of phenols is 1. The summed E-state index contributed by atoms with van der Waals surface area (Å²) in [5.74, 6) is -1.46. The Morgan fingerprint density at radius 2 is 2.22 bits per heavy atom. The highest BCUT2D eigenvalue weighted by atomic mass is 79.9. The van der Waals surface area contributed by atoms with Crippen molar-refractivity contribution in [2.24, 2.45) is 0 Å². The van der Waals surface area contributed by atoms with E-state index >= 15 is 0 Å². The van der Waals surface area contributed by atoms with Gasteiger partial charge in [-0.2, -0.15) is 0 Å². The highest BCUT2D eigenvalue weighted by molar-refractivity contribution is 9.10. The third-order valence-corrected chi connectivity index (χ3v) is 4.66. The summed E-state index contributed by atoms with van der Waals surface area (Å²) in [6.45, 7) is 1.68. The molecule has 1 aromatic rings. The molecule has 122 valence electrons. The second-order valence-electron chi connectivity index (χ2n) is 4.44. The zero-order valence-electron chi connectivity index (χ0n) is 11.9. The molecule has 1 saturated heterocycles. The van der Waals surface area contributed by atoms with Crippen LogP contribution in [0.3, 0.4) is 0 Å². The summed E-state index contributed by atoms with van der Waals surface area (Å²) in [4.78, 5) is 24.3. The Hall–Kier alpha value is -1.58. The van der Waals surface area contributed by atoms with Gasteiger partial charge in [-0.1, -0.05) is 39.9 Å². The Morgan fingerprint density at radius 3 is 2.83 bits per heavy atom. The molecule has 0 aliphatic carbocycles. The first-order valence-corrected chi connectivity index (χ1v) is 8.47. The van der Waals surface area contributed by atoms with Crippen LogP contribution in [0, 0.1) is 0 Å². The van der Waals surface area contributed by atoms with Crippen LogP contribution in [0.15, 0.2) is 21.5 Å². The Kier molecular flexibility index (Phi) is 5.66. The molecule has 0 aromatic heterocycles. The lowest BCUT2D eigenvalue weighted by molar-refractivity contribution is -0.140. The van der Waals surface area contributed by atoms with Crippen molar-refractivity contribution in [1.82, 2.24) is 4.90 Å². The van der Waals surface area contributed by atoms with Crippen molar-refractivity contribution in [2.75, 3.05) is 13.2 Å². The number of carbonyl (C=O) groups excluding carboxylic acids is 1. The van der Waals surface area contributed by atoms with Crippen molar-refractivity contribution >= 4 is 62.2 Å². The second kappa shape index (κ2) is 7.33. The van der Waals surface area contributed by atoms with E-state index in [0.29, 0.717) is 16.6 Å². The summed E-state index contributed by atoms with van der Waals surface area (Å²) in [6.07, 6.45) is 1.46. The lowest BCUT2D eigenvalue weighted by Gasteiger charge is -2.10. The number of rotatable bonds is 5. The summed E-state index contributed by atoms with van der Waals surface area (Å²) >= 11 is 9.33. The first-order valence-electron chi connectivity index (χ1n) is 6.46. The maximum Gasteiger partial charge on any atom is 0.323 e. The number of hydrogen-bond acceptors (Lipinski definition) is 6. The van der Waals surface area contributed by atoms with E-state index in [1.807, 2.05) is 0 Å². The van der Waals surface area contributed by atoms with Gasteiger partial charge < -0.3 is 14.9 Å². The molecular weight excluding hydrogens is 406 g/mol. The number of benzene rings is 1. The number of thiocarbonyl (C=S) groups is 1. The third kappa shape index (κ3) is 4.04. The largest absolute Gasteiger partial charge is 0.504 e. The molecule has 0 bridgehead atoms. The number of amides is 1. The molecule has 23 heavy (non-hydrogen) atoms. The Balaban J connectivity index is 2.37. The number of aliphatic carboxylic acids is 1. The fourth-order valence-electron chi connectivity index (χ4n) is 1.88. The first-order chi connectivity index (χ1) is 10.8. The van der Waals surface area contributed by atoms with Gasteiger partial charge in [0.2, 0.25) is 0 Å². The van der Waals surface area contributed by atoms with E-state index in [2.05, 4.69) is 15.9 Å². The van der Waals surface area contributed by atoms with Crippen LogP contribution in [-0.2, 0) is 9.59 Å². The molecule has 0 unspecified atom stereocenters. The number of halogens is 1. The predicted molar refractivity (Wildman–Crippen MR) is 94.5 cm³/mol. The molecule has 6 nitrogen and oxygen atoms in total. The monoisotopic (exact) mass is 417 g/mol. The van der Waals surface area contributed by atoms with Crippen molar-refractivity contribution < 1.29 is 24.5 Å². The van der Waals surface area contributed by atoms with Gasteiger partial charge in [0.25, 0.3) is 5.91 Å². The van der Waals surface area contributed by atoms with Gasteiger partial charge in [0, 0.05) is 10.0 Å². The minimum atomic E-state index is -1.15. The smallest absolute Gasteiger partial charge is 0.323 e. The van der Waals surface area contributed by atoms with Crippen molar-refractivity contribution in [3.05, 3.63) is 27.1 Å². The van der Waals surface area contributed by atoms with Crippen molar-refractivity contribution in [1.29, 1.82) is 0 Å². The molecule has 1 amide bonds. The van der Waals surface area contributed by atoms with Gasteiger partial charge in [0.1, 0.15) is 10.9 Å². The van der Waals surface area contributed by atoms with E-state index in [4.69, 9.17) is 22.1 Å². The number of carboxylic acids is 1. The molecule has 1 fully saturated rings. The molecule has 1 heterocycles. The van der Waals surface area contributed by atoms with Crippen LogP contribution in [0.2, 0.25) is 0 Å². The number of hydrogen-bond donors (Lipinski definition) is 2. The number of carbonyl (C=O) groups is 2. The molecule has 0 saturated carbocycles. The Labute approximate surface area is 150 Å². The fourth-order valence-corrected chi connectivity index (χ4v) is 3.58. The highest BCUT2D eigenvalue weighted by Crippen LogP contribution is 2.38. The highest BCUT2D eigenvalue weighted by Gasteiger charge is 2.33. The molecule has 1 aliphatic rings. The summed E-state index contributed by atoms with van der Waals surface area (Å²) < 4.78 is 6.17. The fraction of sp³-hybridized carbons (Fsp3) is 0.214. The third-order valence-electron chi connectivity index (χ3n) is 2.82. The first kappa shape index (κ1) is 17.8. The van der Waals surface area contributed by atoms with Gasteiger partial charge in [-0.05, 0) is 25.1 Å². The lowest BCUT2D eigenvalue weighted by atomic mass is 10.1. The summed E-state index contributed by atoms with van der Waals surface area (Å²) in [5, 5.41) is 19.0. The normalized spacial score (nSPS) is 16.3. The zero-order chi connectivity index (χ0) is 17.1. The van der Waals surface area contributed by atoms with Crippen LogP contribution in [0.4, 0.5) is 0 Å². The van der Waals surface area contributed by atoms with Crippen molar-refractivity contribution in [3.63, 3.8) is 0 Å². The molecule has 9 heteroatoms. The molecule has 2 rings (SSSR count). The van der Waals surface area contributed by atoms with Gasteiger partial charge in [0.05, 0.1) is 11.5 Å². The van der Waals surface area contributed by atoms with Gasteiger partial charge in [-0.15, -0.1) is 0 Å². The zero-order valence-corrected chi connectivity index (χ0v) is 15.1. The molecular formula is C14H12BrNO5S2. The van der Waals surface area contributed by atoms with E-state index in [1.54, 1.807) is 19.1 Å². The second-order valence-corrected chi connectivity index (χ2v) is 7.03. The summed E-state index contributed by atoms with van der Waals surface area (Å²) in [6, 6.07) is 3.24. The average molecular weight is 418 g/mol. The maximum absolute atomic E-state index is 12.2. The summed E-state index contributed by atoms with van der Waals surface area (Å²) in [5.41, 5.74) is 0.374. The molecule has 2 N–H and O–H groups in total. The van der Waals surface area contributed by atoms with Crippen LogP contribution >= 0.6 is 39.9 Å². The maximum atomic E-state index is 12.2. The summed E-state index contributed by atoms with van der Waals surface area (Å²) in [7, 11) is 0. The number of carboxylic acid groups (broad SMARTS) is 1. The standard InChI is InChI=1S/C14H12BrNO5S2/c1-2-21-9-5-8(15)3-7(12(9)19)4-10-13(20)16(6-11(17)18)14(22)23-10/h3-5,19H,2,6H2,1H3,(H,17,18)/b10-4+. The number of thioether (sulfide) groups is 1. The van der Waals surface area contributed by atoms with Crippen LogP contribution < -0.4 is 4.74 Å². The van der Waals surface area contributed by atoms with Crippen LogP contribution in [0.25, 0.3) is 6.08 Å². The van der Waals surface area contributed by atoms with E-state index in [1.165, 1.54) is 6.08 Å². The molecule has 1 aliphatic heterocycles. The molecule has 0 radical (unpaired) electrons. The molecule has 0 atom stereocenters. The van der Waals surface area contributed by atoms with Crippen LogP contribution in [-0.4, -0.2) is 44.5 Å². The van der Waals surface area contributed by atoms with E-state index in [0.717, 1.165) is 16.7 Å². The Morgan fingerprint density at radius 1 is 1.52 bits per heavy atom. The minimum Gasteiger partial charge on any atom is -0.504 e. The number of ether oxygens (including phenoxy) is 1. The van der Waals surface area contributed by atoms with Crippen molar-refractivity contribution in [3.8, 4) is 11.5 Å². The average Bonchev–Trinajstić information content (AvgIpc) is 2.71.